The van der Waals surface area contributed by atoms with Crippen molar-refractivity contribution >= 4 is 21.9 Å². The number of benzene rings is 1. The van der Waals surface area contributed by atoms with Crippen LogP contribution in [0.5, 0.6) is 5.75 Å². The van der Waals surface area contributed by atoms with E-state index in [0.29, 0.717) is 0 Å². The molecule has 0 aliphatic heterocycles. The van der Waals surface area contributed by atoms with Gasteiger partial charge in [0, 0.05) is 0 Å². The van der Waals surface area contributed by atoms with Crippen molar-refractivity contribution in [3.8, 4) is 5.75 Å². The summed E-state index contributed by atoms with van der Waals surface area (Å²) in [5.41, 5.74) is -0.529. The number of hydrogen-bond acceptors (Lipinski definition) is 3. The molecule has 4 heteroatoms. The maximum absolute atomic E-state index is 11.0. The van der Waals surface area contributed by atoms with Crippen molar-refractivity contribution in [2.75, 3.05) is 11.9 Å². The average molecular weight is 287 g/mol. The second-order valence-corrected chi connectivity index (χ2v) is 4.53. The fraction of sp³-hybridized carbons (Fsp3) is 0.417. The number of carbonyl (C=O) groups is 1. The van der Waals surface area contributed by atoms with E-state index in [9.17, 15) is 4.79 Å². The molecule has 0 N–H and O–H groups in total. The Kier molecular flexibility index (Phi) is 4.80. The number of hydrogen-bond donors (Lipinski definition) is 0. The van der Waals surface area contributed by atoms with Crippen LogP contribution in [0.15, 0.2) is 30.3 Å². The van der Waals surface area contributed by atoms with Gasteiger partial charge in [0.2, 0.25) is 0 Å². The van der Waals surface area contributed by atoms with E-state index >= 15 is 0 Å². The molecule has 0 heterocycles. The predicted molar refractivity (Wildman–Crippen MR) is 65.9 cm³/mol. The van der Waals surface area contributed by atoms with Gasteiger partial charge < -0.3 is 9.47 Å². The molecule has 88 valence electrons. The highest BCUT2D eigenvalue weighted by molar-refractivity contribution is 9.09. The second-order valence-electron chi connectivity index (χ2n) is 3.97. The third kappa shape index (κ3) is 4.66. The van der Waals surface area contributed by atoms with E-state index in [0.717, 1.165) is 5.75 Å². The lowest BCUT2D eigenvalue weighted by Crippen LogP contribution is -2.35. The monoisotopic (exact) mass is 286 g/mol. The van der Waals surface area contributed by atoms with Crippen LogP contribution in [0, 0.1) is 0 Å². The third-order valence-electron chi connectivity index (χ3n) is 1.83. The Morgan fingerprint density at radius 3 is 2.50 bits per heavy atom. The number of para-hydroxylation sites is 1. The first-order valence-electron chi connectivity index (χ1n) is 4.99. The van der Waals surface area contributed by atoms with Crippen molar-refractivity contribution in [1.29, 1.82) is 0 Å². The van der Waals surface area contributed by atoms with E-state index in [-0.39, 0.29) is 17.9 Å². The first-order chi connectivity index (χ1) is 7.53. The van der Waals surface area contributed by atoms with Crippen LogP contribution in [0.3, 0.4) is 0 Å². The van der Waals surface area contributed by atoms with Gasteiger partial charge in [0.1, 0.15) is 23.3 Å². The van der Waals surface area contributed by atoms with Gasteiger partial charge in [0.25, 0.3) is 0 Å². The molecule has 16 heavy (non-hydrogen) atoms. The van der Waals surface area contributed by atoms with E-state index in [1.54, 1.807) is 0 Å². The number of esters is 1. The molecular weight excluding hydrogens is 272 g/mol. The summed E-state index contributed by atoms with van der Waals surface area (Å²) in [6, 6.07) is 9.46. The van der Waals surface area contributed by atoms with Crippen LogP contribution >= 0.6 is 15.9 Å². The van der Waals surface area contributed by atoms with Crippen molar-refractivity contribution in [3.63, 3.8) is 0 Å². The van der Waals surface area contributed by atoms with Gasteiger partial charge in [-0.25, -0.2) is 0 Å². The van der Waals surface area contributed by atoms with Crippen LogP contribution in [0.25, 0.3) is 0 Å². The average Bonchev–Trinajstić information content (AvgIpc) is 2.27. The molecular formula is C12H15BrO3. The van der Waals surface area contributed by atoms with Crippen molar-refractivity contribution in [1.82, 2.24) is 0 Å². The summed E-state index contributed by atoms with van der Waals surface area (Å²) >= 11 is 3.03. The summed E-state index contributed by atoms with van der Waals surface area (Å²) in [5, 5.41) is 0.203. The van der Waals surface area contributed by atoms with Crippen molar-refractivity contribution in [2.24, 2.45) is 0 Å². The van der Waals surface area contributed by atoms with Gasteiger partial charge >= 0.3 is 5.97 Å². The zero-order valence-corrected chi connectivity index (χ0v) is 11.0. The Labute approximate surface area is 104 Å². The number of alkyl halides is 1. The molecule has 1 aromatic carbocycles. The molecule has 0 amide bonds. The number of halogens is 1. The molecule has 0 aliphatic rings. The maximum Gasteiger partial charge on any atom is 0.316 e. The molecule has 1 aromatic rings. The molecule has 0 radical (unpaired) electrons. The summed E-state index contributed by atoms with van der Waals surface area (Å²) in [5.74, 6) is 0.479. The predicted octanol–water partition coefficient (Wildman–Crippen LogP) is 2.78. The molecule has 0 aromatic heterocycles. The van der Waals surface area contributed by atoms with Crippen molar-refractivity contribution < 1.29 is 14.3 Å². The third-order valence-corrected chi connectivity index (χ3v) is 2.29. The molecule has 0 aliphatic carbocycles. The van der Waals surface area contributed by atoms with Crippen LogP contribution in [-0.2, 0) is 9.53 Å². The van der Waals surface area contributed by atoms with Crippen molar-refractivity contribution in [3.05, 3.63) is 30.3 Å². The number of rotatable bonds is 5. The van der Waals surface area contributed by atoms with E-state index in [1.807, 2.05) is 44.2 Å². The van der Waals surface area contributed by atoms with E-state index in [2.05, 4.69) is 15.9 Å². The topological polar surface area (TPSA) is 35.5 Å². The zero-order valence-electron chi connectivity index (χ0n) is 9.40. The summed E-state index contributed by atoms with van der Waals surface area (Å²) in [6.45, 7) is 3.98. The molecule has 0 unspecified atom stereocenters. The van der Waals surface area contributed by atoms with Crippen LogP contribution in [0.1, 0.15) is 13.8 Å². The molecule has 0 fully saturated rings. The maximum atomic E-state index is 11.0. The smallest absolute Gasteiger partial charge is 0.316 e. The first kappa shape index (κ1) is 13.0. The minimum atomic E-state index is -0.529. The fourth-order valence-corrected chi connectivity index (χ4v) is 1.29. The van der Waals surface area contributed by atoms with E-state index < -0.39 is 5.60 Å². The zero-order chi connectivity index (χ0) is 12.0. The summed E-state index contributed by atoms with van der Waals surface area (Å²) in [6.07, 6.45) is 0. The van der Waals surface area contributed by atoms with Gasteiger partial charge in [0.15, 0.2) is 0 Å². The van der Waals surface area contributed by atoms with Crippen LogP contribution in [-0.4, -0.2) is 23.5 Å². The van der Waals surface area contributed by atoms with Gasteiger partial charge in [0.05, 0.1) is 0 Å². The summed E-state index contributed by atoms with van der Waals surface area (Å²) in [7, 11) is 0. The molecule has 0 spiro atoms. The summed E-state index contributed by atoms with van der Waals surface area (Å²) < 4.78 is 10.7. The number of ether oxygens (including phenoxy) is 2. The lowest BCUT2D eigenvalue weighted by atomic mass is 10.1. The Hall–Kier alpha value is -1.03. The fourth-order valence-electron chi connectivity index (χ4n) is 1.13. The molecule has 0 atom stereocenters. The lowest BCUT2D eigenvalue weighted by Gasteiger charge is -2.25. The largest absolute Gasteiger partial charge is 0.484 e. The molecule has 0 saturated carbocycles. The molecule has 3 nitrogen and oxygen atoms in total. The highest BCUT2D eigenvalue weighted by Gasteiger charge is 2.22. The Balaban J connectivity index is 2.48. The first-order valence-corrected chi connectivity index (χ1v) is 6.11. The normalized spacial score (nSPS) is 10.9. The molecule has 1 rings (SSSR count). The van der Waals surface area contributed by atoms with Gasteiger partial charge in [-0.1, -0.05) is 34.1 Å². The molecule has 0 bridgehead atoms. The quantitative estimate of drug-likeness (QED) is 0.617. The van der Waals surface area contributed by atoms with Crippen LogP contribution in [0.4, 0.5) is 0 Å². The Bertz CT molecular complexity index is 335. The highest BCUT2D eigenvalue weighted by Crippen LogP contribution is 2.17. The lowest BCUT2D eigenvalue weighted by molar-refractivity contribution is -0.145. The van der Waals surface area contributed by atoms with E-state index in [4.69, 9.17) is 9.47 Å². The van der Waals surface area contributed by atoms with Gasteiger partial charge in [-0.05, 0) is 26.0 Å². The van der Waals surface area contributed by atoms with E-state index in [1.165, 1.54) is 0 Å². The minimum Gasteiger partial charge on any atom is -0.484 e. The summed E-state index contributed by atoms with van der Waals surface area (Å²) in [4.78, 5) is 11.0. The Morgan fingerprint density at radius 2 is 1.94 bits per heavy atom. The second kappa shape index (κ2) is 5.89. The van der Waals surface area contributed by atoms with Gasteiger partial charge in [-0.3, -0.25) is 4.79 Å². The molecule has 0 saturated heterocycles. The minimum absolute atomic E-state index is 0.203. The van der Waals surface area contributed by atoms with Crippen molar-refractivity contribution in [2.45, 2.75) is 19.4 Å². The highest BCUT2D eigenvalue weighted by atomic mass is 79.9. The van der Waals surface area contributed by atoms with Crippen LogP contribution < -0.4 is 4.74 Å². The van der Waals surface area contributed by atoms with Crippen LogP contribution in [0.2, 0.25) is 0 Å². The van der Waals surface area contributed by atoms with Gasteiger partial charge in [-0.2, -0.15) is 0 Å². The number of carbonyl (C=O) groups excluding carboxylic acids is 1. The SMILES string of the molecule is CC(C)(COC(=O)CBr)Oc1ccccc1. The Morgan fingerprint density at radius 1 is 1.31 bits per heavy atom. The van der Waals surface area contributed by atoms with Gasteiger partial charge in [-0.15, -0.1) is 0 Å². The standard InChI is InChI=1S/C12H15BrO3/c1-12(2,9-15-11(14)8-13)16-10-6-4-3-5-7-10/h3-7H,8-9H2,1-2H3.